The first-order valence-electron chi connectivity index (χ1n) is 8.04. The molecule has 116 valence electrons. The van der Waals surface area contributed by atoms with E-state index in [1.165, 1.54) is 25.7 Å². The molecule has 20 heavy (non-hydrogen) atoms. The number of amides is 1. The molecule has 1 heterocycles. The molecule has 5 nitrogen and oxygen atoms in total. The second kappa shape index (κ2) is 9.32. The third-order valence-electron chi connectivity index (χ3n) is 4.02. The van der Waals surface area contributed by atoms with E-state index in [1.54, 1.807) is 0 Å². The van der Waals surface area contributed by atoms with Crippen molar-refractivity contribution in [1.82, 2.24) is 10.6 Å². The smallest absolute Gasteiger partial charge is 0.233 e. The van der Waals surface area contributed by atoms with Gasteiger partial charge in [0.25, 0.3) is 0 Å². The molecule has 2 aliphatic rings. The summed E-state index contributed by atoms with van der Waals surface area (Å²) in [5, 5.41) is 6.23. The molecular weight excluding hydrogens is 256 g/mol. The van der Waals surface area contributed by atoms with E-state index < -0.39 is 0 Å². The van der Waals surface area contributed by atoms with E-state index in [2.05, 4.69) is 10.6 Å². The topological polar surface area (TPSA) is 59.6 Å². The standard InChI is InChI=1S/C15H28N2O3/c18-15(11-17-13-5-1-2-6-13)16-8-4-9-19-12-14-7-3-10-20-14/h13-14,17H,1-12H2,(H,16,18). The van der Waals surface area contributed by atoms with Crippen LogP contribution in [0.15, 0.2) is 0 Å². The van der Waals surface area contributed by atoms with Gasteiger partial charge >= 0.3 is 0 Å². The van der Waals surface area contributed by atoms with E-state index >= 15 is 0 Å². The minimum atomic E-state index is 0.0935. The molecule has 1 atom stereocenters. The molecule has 0 aromatic heterocycles. The molecule has 1 amide bonds. The maximum atomic E-state index is 11.6. The number of nitrogens with one attached hydrogen (secondary N) is 2. The van der Waals surface area contributed by atoms with Crippen molar-refractivity contribution in [2.24, 2.45) is 0 Å². The van der Waals surface area contributed by atoms with Crippen LogP contribution in [0.5, 0.6) is 0 Å². The van der Waals surface area contributed by atoms with Gasteiger partial charge in [0.1, 0.15) is 0 Å². The second-order valence-corrected chi connectivity index (χ2v) is 5.78. The fraction of sp³-hybridized carbons (Fsp3) is 0.933. The molecular formula is C15H28N2O3. The molecule has 1 unspecified atom stereocenters. The zero-order chi connectivity index (χ0) is 14.0. The van der Waals surface area contributed by atoms with Crippen molar-refractivity contribution in [3.05, 3.63) is 0 Å². The highest BCUT2D eigenvalue weighted by Crippen LogP contribution is 2.17. The van der Waals surface area contributed by atoms with Crippen molar-refractivity contribution in [2.75, 3.05) is 32.9 Å². The Labute approximate surface area is 121 Å². The monoisotopic (exact) mass is 284 g/mol. The van der Waals surface area contributed by atoms with Crippen LogP contribution in [0.4, 0.5) is 0 Å². The lowest BCUT2D eigenvalue weighted by Gasteiger charge is -2.12. The van der Waals surface area contributed by atoms with E-state index in [0.717, 1.165) is 25.9 Å². The molecule has 1 aliphatic heterocycles. The Morgan fingerprint density at radius 2 is 2.05 bits per heavy atom. The third-order valence-corrected chi connectivity index (χ3v) is 4.02. The van der Waals surface area contributed by atoms with Crippen molar-refractivity contribution in [3.8, 4) is 0 Å². The Bertz CT molecular complexity index is 274. The maximum absolute atomic E-state index is 11.6. The van der Waals surface area contributed by atoms with Crippen LogP contribution in [0.3, 0.4) is 0 Å². The van der Waals surface area contributed by atoms with Gasteiger partial charge in [0, 0.05) is 25.8 Å². The second-order valence-electron chi connectivity index (χ2n) is 5.78. The number of carbonyl (C=O) groups excluding carboxylic acids is 1. The Kier molecular flexibility index (Phi) is 7.33. The molecule has 0 aromatic carbocycles. The SMILES string of the molecule is O=C(CNC1CCCC1)NCCCOCC1CCCO1. The lowest BCUT2D eigenvalue weighted by Crippen LogP contribution is -2.38. The Hall–Kier alpha value is -0.650. The quantitative estimate of drug-likeness (QED) is 0.625. The number of hydrogen-bond donors (Lipinski definition) is 2. The summed E-state index contributed by atoms with van der Waals surface area (Å²) in [4.78, 5) is 11.6. The lowest BCUT2D eigenvalue weighted by atomic mass is 10.2. The molecule has 5 heteroatoms. The van der Waals surface area contributed by atoms with Gasteiger partial charge in [-0.15, -0.1) is 0 Å². The highest BCUT2D eigenvalue weighted by molar-refractivity contribution is 5.77. The van der Waals surface area contributed by atoms with Gasteiger partial charge in [-0.05, 0) is 32.1 Å². The molecule has 1 saturated heterocycles. The molecule has 2 rings (SSSR count). The molecule has 0 bridgehead atoms. The Balaban J connectivity index is 1.37. The highest BCUT2D eigenvalue weighted by atomic mass is 16.5. The summed E-state index contributed by atoms with van der Waals surface area (Å²) in [5.74, 6) is 0.0935. The summed E-state index contributed by atoms with van der Waals surface area (Å²) < 4.78 is 11.0. The summed E-state index contributed by atoms with van der Waals surface area (Å²) in [5.41, 5.74) is 0. The van der Waals surface area contributed by atoms with Crippen molar-refractivity contribution in [1.29, 1.82) is 0 Å². The fourth-order valence-corrected chi connectivity index (χ4v) is 2.82. The van der Waals surface area contributed by atoms with Gasteiger partial charge in [-0.3, -0.25) is 4.79 Å². The zero-order valence-electron chi connectivity index (χ0n) is 12.4. The summed E-state index contributed by atoms with van der Waals surface area (Å²) >= 11 is 0. The molecule has 0 aromatic rings. The van der Waals surface area contributed by atoms with Crippen molar-refractivity contribution < 1.29 is 14.3 Å². The number of rotatable bonds is 9. The van der Waals surface area contributed by atoms with Crippen LogP contribution < -0.4 is 10.6 Å². The number of ether oxygens (including phenoxy) is 2. The van der Waals surface area contributed by atoms with E-state index in [4.69, 9.17) is 9.47 Å². The van der Waals surface area contributed by atoms with Crippen LogP contribution in [-0.2, 0) is 14.3 Å². The first-order valence-corrected chi connectivity index (χ1v) is 8.04. The van der Waals surface area contributed by atoms with Crippen LogP contribution in [0.2, 0.25) is 0 Å². The van der Waals surface area contributed by atoms with Crippen molar-refractivity contribution in [3.63, 3.8) is 0 Å². The lowest BCUT2D eigenvalue weighted by molar-refractivity contribution is -0.120. The molecule has 1 aliphatic carbocycles. The average molecular weight is 284 g/mol. The molecule has 2 N–H and O–H groups in total. The average Bonchev–Trinajstić information content (AvgIpc) is 3.13. The minimum absolute atomic E-state index is 0.0935. The van der Waals surface area contributed by atoms with Crippen molar-refractivity contribution in [2.45, 2.75) is 57.1 Å². The summed E-state index contributed by atoms with van der Waals surface area (Å²) in [6.45, 7) is 3.39. The minimum Gasteiger partial charge on any atom is -0.379 e. The normalized spacial score (nSPS) is 23.3. The van der Waals surface area contributed by atoms with Gasteiger partial charge in [0.05, 0.1) is 19.3 Å². The van der Waals surface area contributed by atoms with E-state index in [9.17, 15) is 4.79 Å². The number of carbonyl (C=O) groups is 1. The highest BCUT2D eigenvalue weighted by Gasteiger charge is 2.16. The van der Waals surface area contributed by atoms with Crippen LogP contribution in [0.1, 0.15) is 44.9 Å². The molecule has 0 spiro atoms. The van der Waals surface area contributed by atoms with E-state index in [-0.39, 0.29) is 5.91 Å². The first kappa shape index (κ1) is 15.7. The van der Waals surface area contributed by atoms with Crippen LogP contribution in [-0.4, -0.2) is 51.0 Å². The van der Waals surface area contributed by atoms with Gasteiger partial charge < -0.3 is 20.1 Å². The fourth-order valence-electron chi connectivity index (χ4n) is 2.82. The van der Waals surface area contributed by atoms with E-state index in [1.807, 2.05) is 0 Å². The van der Waals surface area contributed by atoms with E-state index in [0.29, 0.717) is 38.4 Å². The van der Waals surface area contributed by atoms with Gasteiger partial charge in [0.2, 0.25) is 5.91 Å². The summed E-state index contributed by atoms with van der Waals surface area (Å²) in [6, 6.07) is 0.551. The molecule has 1 saturated carbocycles. The van der Waals surface area contributed by atoms with Gasteiger partial charge in [-0.2, -0.15) is 0 Å². The Morgan fingerprint density at radius 3 is 2.80 bits per heavy atom. The molecule has 2 fully saturated rings. The van der Waals surface area contributed by atoms with Crippen molar-refractivity contribution >= 4 is 5.91 Å². The van der Waals surface area contributed by atoms with Crippen LogP contribution in [0, 0.1) is 0 Å². The van der Waals surface area contributed by atoms with Gasteiger partial charge in [0.15, 0.2) is 0 Å². The first-order chi connectivity index (χ1) is 9.84. The largest absolute Gasteiger partial charge is 0.379 e. The molecule has 0 radical (unpaired) electrons. The third kappa shape index (κ3) is 6.20. The van der Waals surface area contributed by atoms with Gasteiger partial charge in [-0.25, -0.2) is 0 Å². The summed E-state index contributed by atoms with van der Waals surface area (Å²) in [6.07, 6.45) is 8.43. The predicted molar refractivity (Wildman–Crippen MR) is 77.7 cm³/mol. The summed E-state index contributed by atoms with van der Waals surface area (Å²) in [7, 11) is 0. The number of hydrogen-bond acceptors (Lipinski definition) is 4. The maximum Gasteiger partial charge on any atom is 0.233 e. The predicted octanol–water partition coefficient (Wildman–Crippen LogP) is 1.22. The Morgan fingerprint density at radius 1 is 1.20 bits per heavy atom. The zero-order valence-corrected chi connectivity index (χ0v) is 12.4. The van der Waals surface area contributed by atoms with Gasteiger partial charge in [-0.1, -0.05) is 12.8 Å². The van der Waals surface area contributed by atoms with Crippen LogP contribution >= 0.6 is 0 Å². The van der Waals surface area contributed by atoms with Crippen LogP contribution in [0.25, 0.3) is 0 Å².